The van der Waals surface area contributed by atoms with E-state index in [1.54, 1.807) is 13.0 Å². The normalized spacial score (nSPS) is 11.8. The van der Waals surface area contributed by atoms with Gasteiger partial charge in [0.25, 0.3) is 0 Å². The van der Waals surface area contributed by atoms with Crippen LogP contribution in [0.5, 0.6) is 0 Å². The van der Waals surface area contributed by atoms with Crippen molar-refractivity contribution < 1.29 is 8.78 Å². The van der Waals surface area contributed by atoms with Gasteiger partial charge in [0.15, 0.2) is 0 Å². The third kappa shape index (κ3) is 3.29. The average Bonchev–Trinajstić information content (AvgIpc) is 2.21. The highest BCUT2D eigenvalue weighted by molar-refractivity contribution is 5.85. The Bertz CT molecular complexity index is 366. The van der Waals surface area contributed by atoms with Crippen LogP contribution in [0.3, 0.4) is 0 Å². The molecule has 0 saturated heterocycles. The number of allylic oxidation sites excluding steroid dienone is 1. The number of benzene rings is 1. The zero-order valence-corrected chi connectivity index (χ0v) is 9.99. The molecule has 0 heterocycles. The minimum Gasteiger partial charge on any atom is -0.324 e. The number of aryl methyl sites for hydroxylation is 1. The Morgan fingerprint density at radius 1 is 1.44 bits per heavy atom. The fourth-order valence-electron chi connectivity index (χ4n) is 1.46. The first-order valence-electron chi connectivity index (χ1n) is 4.89. The molecule has 0 amide bonds. The molecular formula is C12H16ClF2N. The molecule has 16 heavy (non-hydrogen) atoms. The molecule has 0 aliphatic carbocycles. The van der Waals surface area contributed by atoms with Crippen LogP contribution in [0.25, 0.3) is 0 Å². The van der Waals surface area contributed by atoms with Crippen LogP contribution in [0.2, 0.25) is 0 Å². The molecule has 1 rings (SSSR count). The van der Waals surface area contributed by atoms with E-state index in [9.17, 15) is 8.78 Å². The van der Waals surface area contributed by atoms with Crippen molar-refractivity contribution in [1.82, 2.24) is 0 Å². The summed E-state index contributed by atoms with van der Waals surface area (Å²) in [6.45, 7) is 5.14. The minimum atomic E-state index is -0.608. The second-order valence-electron chi connectivity index (χ2n) is 3.56. The standard InChI is InChI=1S/C12H15F2N.ClH/c1-3-4-5-10(15)11-9(13)7-6-8(2)12(11)14;/h3,6-7,10H,1,4-5,15H2,2H3;1H/t10-;/m0./s1. The molecule has 4 heteroatoms. The fraction of sp³-hybridized carbons (Fsp3) is 0.333. The molecule has 1 aromatic rings. The lowest BCUT2D eigenvalue weighted by Gasteiger charge is -2.14. The Labute approximate surface area is 101 Å². The van der Waals surface area contributed by atoms with Crippen LogP contribution >= 0.6 is 12.4 Å². The second-order valence-corrected chi connectivity index (χ2v) is 3.56. The van der Waals surface area contributed by atoms with E-state index < -0.39 is 17.7 Å². The van der Waals surface area contributed by atoms with Crippen molar-refractivity contribution >= 4 is 12.4 Å². The van der Waals surface area contributed by atoms with Crippen LogP contribution < -0.4 is 5.73 Å². The van der Waals surface area contributed by atoms with Crippen LogP contribution in [0.1, 0.15) is 30.0 Å². The van der Waals surface area contributed by atoms with Crippen LogP contribution in [0.4, 0.5) is 8.78 Å². The van der Waals surface area contributed by atoms with Gasteiger partial charge in [0.1, 0.15) is 11.6 Å². The summed E-state index contributed by atoms with van der Waals surface area (Å²) in [4.78, 5) is 0. The molecule has 0 saturated carbocycles. The molecule has 0 aliphatic heterocycles. The van der Waals surface area contributed by atoms with Crippen molar-refractivity contribution in [3.05, 3.63) is 47.5 Å². The first kappa shape index (κ1) is 15.1. The van der Waals surface area contributed by atoms with E-state index in [-0.39, 0.29) is 18.0 Å². The van der Waals surface area contributed by atoms with E-state index in [0.29, 0.717) is 18.4 Å². The number of hydrogen-bond acceptors (Lipinski definition) is 1. The van der Waals surface area contributed by atoms with Crippen molar-refractivity contribution in [2.45, 2.75) is 25.8 Å². The monoisotopic (exact) mass is 247 g/mol. The second kappa shape index (κ2) is 6.61. The van der Waals surface area contributed by atoms with Gasteiger partial charge in [0.05, 0.1) is 0 Å². The predicted octanol–water partition coefficient (Wildman–Crippen LogP) is 3.66. The molecule has 1 aromatic carbocycles. The fourth-order valence-corrected chi connectivity index (χ4v) is 1.46. The summed E-state index contributed by atoms with van der Waals surface area (Å²) in [6.07, 6.45) is 2.83. The third-order valence-electron chi connectivity index (χ3n) is 2.37. The van der Waals surface area contributed by atoms with Gasteiger partial charge in [-0.15, -0.1) is 19.0 Å². The summed E-state index contributed by atoms with van der Waals surface area (Å²) in [5.74, 6) is -1.11. The highest BCUT2D eigenvalue weighted by Crippen LogP contribution is 2.24. The maximum atomic E-state index is 13.6. The molecule has 0 aromatic heterocycles. The molecule has 0 spiro atoms. The summed E-state index contributed by atoms with van der Waals surface area (Å²) in [5, 5.41) is 0. The highest BCUT2D eigenvalue weighted by Gasteiger charge is 2.17. The van der Waals surface area contributed by atoms with Crippen LogP contribution in [0, 0.1) is 18.6 Å². The molecule has 0 fully saturated rings. The topological polar surface area (TPSA) is 26.0 Å². The van der Waals surface area contributed by atoms with E-state index in [0.717, 1.165) is 0 Å². The van der Waals surface area contributed by atoms with E-state index in [4.69, 9.17) is 5.73 Å². The van der Waals surface area contributed by atoms with Crippen molar-refractivity contribution in [2.75, 3.05) is 0 Å². The number of hydrogen-bond donors (Lipinski definition) is 1. The first-order valence-corrected chi connectivity index (χ1v) is 4.89. The highest BCUT2D eigenvalue weighted by atomic mass is 35.5. The van der Waals surface area contributed by atoms with E-state index >= 15 is 0 Å². The van der Waals surface area contributed by atoms with Crippen molar-refractivity contribution in [2.24, 2.45) is 5.73 Å². The van der Waals surface area contributed by atoms with E-state index in [1.165, 1.54) is 12.1 Å². The summed E-state index contributed by atoms with van der Waals surface area (Å²) in [6, 6.07) is 2.05. The lowest BCUT2D eigenvalue weighted by atomic mass is 9.99. The van der Waals surface area contributed by atoms with Gasteiger partial charge < -0.3 is 5.73 Å². The minimum absolute atomic E-state index is 0. The predicted molar refractivity (Wildman–Crippen MR) is 64.7 cm³/mol. The molecule has 2 N–H and O–H groups in total. The van der Waals surface area contributed by atoms with Gasteiger partial charge in [-0.1, -0.05) is 12.1 Å². The summed E-state index contributed by atoms with van der Waals surface area (Å²) < 4.78 is 27.0. The number of rotatable bonds is 4. The largest absolute Gasteiger partial charge is 0.324 e. The molecule has 0 bridgehead atoms. The van der Waals surface area contributed by atoms with Gasteiger partial charge in [-0.25, -0.2) is 8.78 Å². The van der Waals surface area contributed by atoms with Gasteiger partial charge in [0.2, 0.25) is 0 Å². The Kier molecular flexibility index (Phi) is 6.22. The number of nitrogens with two attached hydrogens (primary N) is 1. The maximum absolute atomic E-state index is 13.6. The molecule has 0 radical (unpaired) electrons. The Morgan fingerprint density at radius 2 is 2.06 bits per heavy atom. The third-order valence-corrected chi connectivity index (χ3v) is 2.37. The summed E-state index contributed by atoms with van der Waals surface area (Å²) >= 11 is 0. The summed E-state index contributed by atoms with van der Waals surface area (Å²) in [7, 11) is 0. The zero-order chi connectivity index (χ0) is 11.4. The van der Waals surface area contributed by atoms with Gasteiger partial charge in [0, 0.05) is 11.6 Å². The van der Waals surface area contributed by atoms with Crippen LogP contribution in [0.15, 0.2) is 24.8 Å². The van der Waals surface area contributed by atoms with Crippen molar-refractivity contribution in [1.29, 1.82) is 0 Å². The Hall–Kier alpha value is -0.930. The van der Waals surface area contributed by atoms with E-state index in [1.807, 2.05) is 0 Å². The quantitative estimate of drug-likeness (QED) is 0.808. The van der Waals surface area contributed by atoms with Gasteiger partial charge >= 0.3 is 0 Å². The number of halogens is 3. The van der Waals surface area contributed by atoms with Crippen LogP contribution in [-0.2, 0) is 0 Å². The molecule has 90 valence electrons. The van der Waals surface area contributed by atoms with Gasteiger partial charge in [-0.3, -0.25) is 0 Å². The van der Waals surface area contributed by atoms with E-state index in [2.05, 4.69) is 6.58 Å². The lowest BCUT2D eigenvalue weighted by Crippen LogP contribution is -2.14. The van der Waals surface area contributed by atoms with Gasteiger partial charge in [-0.2, -0.15) is 0 Å². The van der Waals surface area contributed by atoms with Crippen LogP contribution in [-0.4, -0.2) is 0 Å². The zero-order valence-electron chi connectivity index (χ0n) is 9.17. The molecular weight excluding hydrogens is 232 g/mol. The van der Waals surface area contributed by atoms with Gasteiger partial charge in [-0.05, 0) is 31.4 Å². The first-order chi connectivity index (χ1) is 7.07. The summed E-state index contributed by atoms with van der Waals surface area (Å²) in [5.41, 5.74) is 6.12. The average molecular weight is 248 g/mol. The molecule has 0 unspecified atom stereocenters. The molecule has 1 nitrogen and oxygen atoms in total. The smallest absolute Gasteiger partial charge is 0.133 e. The SMILES string of the molecule is C=CCC[C@H](N)c1c(F)ccc(C)c1F.Cl. The van der Waals surface area contributed by atoms with Crippen molar-refractivity contribution in [3.8, 4) is 0 Å². The maximum Gasteiger partial charge on any atom is 0.133 e. The van der Waals surface area contributed by atoms with Crippen molar-refractivity contribution in [3.63, 3.8) is 0 Å². The Balaban J connectivity index is 0.00000225. The molecule has 0 aliphatic rings. The molecule has 1 atom stereocenters. The Morgan fingerprint density at radius 3 is 2.62 bits per heavy atom. The lowest BCUT2D eigenvalue weighted by molar-refractivity contribution is 0.510.